The maximum Gasteiger partial charge on any atom is 0.400 e. The van der Waals surface area contributed by atoms with E-state index in [1.807, 2.05) is 22.6 Å². The molecule has 0 fully saturated rings. The van der Waals surface area contributed by atoms with Gasteiger partial charge in [-0.1, -0.05) is 0 Å². The molecule has 12 heteroatoms. The molecule has 0 aromatic heterocycles. The minimum atomic E-state index is -5.94. The molecule has 0 radical (unpaired) electrons. The van der Waals surface area contributed by atoms with Gasteiger partial charge in [0.1, 0.15) is 0 Å². The average Bonchev–Trinajstić information content (AvgIpc) is 2.37. The van der Waals surface area contributed by atoms with Crippen molar-refractivity contribution in [2.75, 3.05) is 6.61 Å². The summed E-state index contributed by atoms with van der Waals surface area (Å²) in [6.45, 7) is -1.01. The molecule has 1 unspecified atom stereocenters. The quantitative estimate of drug-likeness (QED) is 0.370. The third-order valence-corrected chi connectivity index (χ3v) is 5.41. The number of hydrogen-bond acceptors (Lipinski definition) is 5. The van der Waals surface area contributed by atoms with Crippen molar-refractivity contribution >= 4 is 42.8 Å². The van der Waals surface area contributed by atoms with Crippen LogP contribution in [0, 0.1) is 3.57 Å². The van der Waals surface area contributed by atoms with E-state index in [2.05, 4.69) is 4.18 Å². The summed E-state index contributed by atoms with van der Waals surface area (Å²) in [5, 5.41) is -5.04. The monoisotopic (exact) mass is 474 g/mol. The Labute approximate surface area is 138 Å². The molecule has 1 rings (SSSR count). The standard InChI is InChI=1S/C10H10F3IO6S2/c11-9(10(12,13)22(17,18)19)5-6-20-21(15,16)8-3-1-7(14)2-4-8/h1-4,9H,5-6H2,(H,17,18,19). The van der Waals surface area contributed by atoms with Gasteiger partial charge < -0.3 is 0 Å². The van der Waals surface area contributed by atoms with E-state index in [1.165, 1.54) is 24.3 Å². The summed E-state index contributed by atoms with van der Waals surface area (Å²) in [4.78, 5) is -0.259. The SMILES string of the molecule is O=S(=O)(OCCC(F)C(F)(F)S(=O)(=O)O)c1ccc(I)cc1. The van der Waals surface area contributed by atoms with Crippen molar-refractivity contribution < 1.29 is 38.7 Å². The highest BCUT2D eigenvalue weighted by Gasteiger charge is 2.52. The van der Waals surface area contributed by atoms with Gasteiger partial charge in [0.15, 0.2) is 6.17 Å². The lowest BCUT2D eigenvalue weighted by Gasteiger charge is -2.17. The van der Waals surface area contributed by atoms with Gasteiger partial charge in [-0.25, -0.2) is 4.39 Å². The number of rotatable bonds is 7. The Hall–Kier alpha value is -0.440. The first kappa shape index (κ1) is 19.6. The fourth-order valence-corrected chi connectivity index (χ4v) is 2.98. The van der Waals surface area contributed by atoms with E-state index >= 15 is 0 Å². The molecule has 1 aromatic carbocycles. The number of halogens is 4. The van der Waals surface area contributed by atoms with Crippen LogP contribution in [0.25, 0.3) is 0 Å². The molecule has 0 saturated carbocycles. The highest BCUT2D eigenvalue weighted by molar-refractivity contribution is 14.1. The Balaban J connectivity index is 2.69. The summed E-state index contributed by atoms with van der Waals surface area (Å²) in [7, 11) is -10.2. The topological polar surface area (TPSA) is 97.7 Å². The van der Waals surface area contributed by atoms with E-state index in [0.29, 0.717) is 0 Å². The molecular formula is C10H10F3IO6S2. The lowest BCUT2D eigenvalue weighted by Crippen LogP contribution is -2.39. The Morgan fingerprint density at radius 2 is 1.68 bits per heavy atom. The van der Waals surface area contributed by atoms with Gasteiger partial charge in [0.05, 0.1) is 11.5 Å². The third kappa shape index (κ3) is 4.78. The lowest BCUT2D eigenvalue weighted by molar-refractivity contribution is -0.0108. The van der Waals surface area contributed by atoms with Crippen LogP contribution in [0.3, 0.4) is 0 Å². The van der Waals surface area contributed by atoms with E-state index in [0.717, 1.165) is 3.57 Å². The molecule has 0 bridgehead atoms. The van der Waals surface area contributed by atoms with Crippen molar-refractivity contribution in [3.05, 3.63) is 27.8 Å². The second kappa shape index (κ2) is 6.98. The summed E-state index contributed by atoms with van der Waals surface area (Å²) in [5.41, 5.74) is 0. The molecule has 126 valence electrons. The van der Waals surface area contributed by atoms with E-state index in [-0.39, 0.29) is 4.90 Å². The molecule has 0 aliphatic carbocycles. The van der Waals surface area contributed by atoms with Crippen LogP contribution in [0.5, 0.6) is 0 Å². The maximum absolute atomic E-state index is 13.1. The van der Waals surface area contributed by atoms with E-state index < -0.39 is 44.7 Å². The van der Waals surface area contributed by atoms with E-state index in [1.54, 1.807) is 0 Å². The average molecular weight is 474 g/mol. The fourth-order valence-electron chi connectivity index (χ4n) is 1.26. The molecular weight excluding hydrogens is 464 g/mol. The lowest BCUT2D eigenvalue weighted by atomic mass is 10.3. The normalized spacial score (nSPS) is 14.8. The van der Waals surface area contributed by atoms with Gasteiger partial charge in [-0.05, 0) is 46.9 Å². The van der Waals surface area contributed by atoms with Gasteiger partial charge in [0.25, 0.3) is 10.1 Å². The van der Waals surface area contributed by atoms with Crippen molar-refractivity contribution in [3.63, 3.8) is 0 Å². The van der Waals surface area contributed by atoms with Gasteiger partial charge in [-0.2, -0.15) is 25.6 Å². The number of alkyl halides is 3. The van der Waals surface area contributed by atoms with Gasteiger partial charge in [0.2, 0.25) is 0 Å². The smallest absolute Gasteiger partial charge is 0.281 e. The highest BCUT2D eigenvalue weighted by atomic mass is 127. The minimum Gasteiger partial charge on any atom is -0.281 e. The van der Waals surface area contributed by atoms with Crippen molar-refractivity contribution in [3.8, 4) is 0 Å². The molecule has 22 heavy (non-hydrogen) atoms. The predicted octanol–water partition coefficient (Wildman–Crippen LogP) is 2.21. The van der Waals surface area contributed by atoms with Crippen LogP contribution in [0.4, 0.5) is 13.2 Å². The first-order chi connectivity index (χ1) is 9.88. The summed E-state index contributed by atoms with van der Waals surface area (Å²) in [5.74, 6) is 0. The zero-order valence-electron chi connectivity index (χ0n) is 10.6. The maximum atomic E-state index is 13.1. The van der Waals surface area contributed by atoms with Crippen LogP contribution < -0.4 is 0 Å². The van der Waals surface area contributed by atoms with E-state index in [4.69, 9.17) is 4.55 Å². The van der Waals surface area contributed by atoms with Crippen LogP contribution in [0.15, 0.2) is 29.2 Å². The van der Waals surface area contributed by atoms with Gasteiger partial charge in [-0.3, -0.25) is 8.74 Å². The Bertz CT molecular complexity index is 718. The summed E-state index contributed by atoms with van der Waals surface area (Å²) < 4.78 is 96.2. The predicted molar refractivity (Wildman–Crippen MR) is 78.3 cm³/mol. The number of hydrogen-bond donors (Lipinski definition) is 1. The second-order valence-corrected chi connectivity index (χ2v) is 8.38. The second-order valence-electron chi connectivity index (χ2n) is 4.02. The molecule has 0 saturated heterocycles. The molecule has 1 N–H and O–H groups in total. The third-order valence-electron chi connectivity index (χ3n) is 2.42. The highest BCUT2D eigenvalue weighted by Crippen LogP contribution is 2.29. The fraction of sp³-hybridized carbons (Fsp3) is 0.400. The largest absolute Gasteiger partial charge is 0.400 e. The van der Waals surface area contributed by atoms with Crippen molar-refractivity contribution in [1.82, 2.24) is 0 Å². The van der Waals surface area contributed by atoms with E-state index in [9.17, 15) is 30.0 Å². The molecule has 0 spiro atoms. The molecule has 0 aliphatic rings. The first-order valence-electron chi connectivity index (χ1n) is 5.52. The van der Waals surface area contributed by atoms with Crippen LogP contribution >= 0.6 is 22.6 Å². The Kier molecular flexibility index (Phi) is 6.22. The molecule has 1 atom stereocenters. The Morgan fingerprint density at radius 3 is 2.14 bits per heavy atom. The van der Waals surface area contributed by atoms with Crippen molar-refractivity contribution in [1.29, 1.82) is 0 Å². The molecule has 6 nitrogen and oxygen atoms in total. The zero-order valence-corrected chi connectivity index (χ0v) is 14.4. The van der Waals surface area contributed by atoms with Gasteiger partial charge in [-0.15, -0.1) is 0 Å². The summed E-state index contributed by atoms with van der Waals surface area (Å²) in [6, 6.07) is 5.33. The van der Waals surface area contributed by atoms with Crippen molar-refractivity contribution in [2.45, 2.75) is 22.7 Å². The molecule has 0 amide bonds. The summed E-state index contributed by atoms with van der Waals surface area (Å²) in [6.07, 6.45) is -4.55. The van der Waals surface area contributed by atoms with Gasteiger partial charge in [0, 0.05) is 9.99 Å². The van der Waals surface area contributed by atoms with Gasteiger partial charge >= 0.3 is 15.4 Å². The number of benzene rings is 1. The van der Waals surface area contributed by atoms with Crippen LogP contribution in [0.1, 0.15) is 6.42 Å². The van der Waals surface area contributed by atoms with Crippen LogP contribution in [-0.2, 0) is 24.4 Å². The molecule has 0 heterocycles. The zero-order chi connectivity index (χ0) is 17.2. The molecule has 0 aliphatic heterocycles. The van der Waals surface area contributed by atoms with Crippen LogP contribution in [0.2, 0.25) is 0 Å². The minimum absolute atomic E-state index is 0.259. The molecule has 1 aromatic rings. The van der Waals surface area contributed by atoms with Crippen LogP contribution in [-0.4, -0.2) is 39.4 Å². The summed E-state index contributed by atoms with van der Waals surface area (Å²) >= 11 is 1.93. The van der Waals surface area contributed by atoms with Crippen molar-refractivity contribution in [2.24, 2.45) is 0 Å². The Morgan fingerprint density at radius 1 is 1.18 bits per heavy atom. The first-order valence-corrected chi connectivity index (χ1v) is 9.44.